The van der Waals surface area contributed by atoms with Gasteiger partial charge in [0.1, 0.15) is 23.0 Å². The molecule has 0 rings (SSSR count). The highest BCUT2D eigenvalue weighted by atomic mass is 127. The third-order valence-corrected chi connectivity index (χ3v) is 4.04. The minimum Gasteiger partial charge on any atom is -0.481 e. The van der Waals surface area contributed by atoms with Gasteiger partial charge in [0.2, 0.25) is 0 Å². The number of halogens is 1. The molecule has 0 saturated heterocycles. The van der Waals surface area contributed by atoms with Gasteiger partial charge in [-0.05, 0) is 5.92 Å². The molecule has 7 heteroatoms. The van der Waals surface area contributed by atoms with Crippen LogP contribution < -0.4 is 0 Å². The van der Waals surface area contributed by atoms with Gasteiger partial charge in [0.15, 0.2) is 0 Å². The lowest BCUT2D eigenvalue weighted by molar-refractivity contribution is -0.138. The van der Waals surface area contributed by atoms with E-state index in [9.17, 15) is 4.79 Å². The Morgan fingerprint density at radius 3 is 2.47 bits per heavy atom. The van der Waals surface area contributed by atoms with Crippen LogP contribution in [-0.2, 0) is 12.6 Å². The molecule has 2 unspecified atom stereocenters. The van der Waals surface area contributed by atoms with E-state index in [1.807, 2.05) is 0 Å². The van der Waals surface area contributed by atoms with E-state index in [2.05, 4.69) is 12.6 Å². The summed E-state index contributed by atoms with van der Waals surface area (Å²) in [5.41, 5.74) is 0. The van der Waals surface area contributed by atoms with E-state index in [4.69, 9.17) is 18.0 Å². The molecule has 0 saturated carbocycles. The summed E-state index contributed by atoms with van der Waals surface area (Å²) < 4.78 is 10.5. The first kappa shape index (κ1) is 17.4. The topological polar surface area (TPSA) is 76.0 Å². The first-order valence-electron chi connectivity index (χ1n) is 5.28. The number of rotatable bonds is 9. The molecule has 0 aliphatic rings. The largest absolute Gasteiger partial charge is 0.481 e. The molecular weight excluding hydrogens is 359 g/mol. The molecular formula is C10H19IO5S. The molecule has 0 heterocycles. The highest BCUT2D eigenvalue weighted by molar-refractivity contribution is 14.1. The number of carbonyl (C=O) groups is 1. The smallest absolute Gasteiger partial charge is 0.303 e. The molecule has 0 aliphatic carbocycles. The van der Waals surface area contributed by atoms with Gasteiger partial charge in [-0.3, -0.25) is 4.79 Å². The Balaban J connectivity index is 4.55. The summed E-state index contributed by atoms with van der Waals surface area (Å²) in [6, 6.07) is 0. The van der Waals surface area contributed by atoms with Gasteiger partial charge in [0.25, 0.3) is 0 Å². The van der Waals surface area contributed by atoms with Crippen LogP contribution in [0.25, 0.3) is 0 Å². The summed E-state index contributed by atoms with van der Waals surface area (Å²) in [5, 5.41) is 17.4. The van der Waals surface area contributed by atoms with Crippen molar-refractivity contribution in [3.05, 3.63) is 0 Å². The standard InChI is InChI=1S/C10H19IO5S/c1-6(5-8(13)14)10(17)9(15-2)7(16-11)3-4-12/h6-7,9-10,12,17H,3-5H2,1-2H3,(H,13,14)/t6-,7-,9?,10?/m0/s1. The molecule has 17 heavy (non-hydrogen) atoms. The maximum absolute atomic E-state index is 10.6. The number of carboxylic acids is 1. The summed E-state index contributed by atoms with van der Waals surface area (Å²) in [6.07, 6.45) is -0.194. The zero-order chi connectivity index (χ0) is 13.4. The number of hydrogen-bond donors (Lipinski definition) is 3. The lowest BCUT2D eigenvalue weighted by Gasteiger charge is -2.31. The van der Waals surface area contributed by atoms with Gasteiger partial charge >= 0.3 is 5.97 Å². The van der Waals surface area contributed by atoms with Gasteiger partial charge in [-0.25, -0.2) is 0 Å². The average Bonchev–Trinajstić information content (AvgIpc) is 2.27. The van der Waals surface area contributed by atoms with Crippen molar-refractivity contribution in [3.63, 3.8) is 0 Å². The molecule has 0 aromatic heterocycles. The molecule has 5 nitrogen and oxygen atoms in total. The zero-order valence-electron chi connectivity index (χ0n) is 9.88. The predicted octanol–water partition coefficient (Wildman–Crippen LogP) is 1.53. The molecule has 0 bridgehead atoms. The Labute approximate surface area is 121 Å². The molecule has 0 aliphatic heterocycles. The lowest BCUT2D eigenvalue weighted by Crippen LogP contribution is -2.40. The molecule has 0 spiro atoms. The van der Waals surface area contributed by atoms with E-state index in [1.54, 1.807) is 29.9 Å². The number of methoxy groups -OCH3 is 1. The van der Waals surface area contributed by atoms with E-state index in [0.717, 1.165) is 0 Å². The van der Waals surface area contributed by atoms with Crippen molar-refractivity contribution in [1.29, 1.82) is 0 Å². The van der Waals surface area contributed by atoms with Crippen molar-refractivity contribution in [1.82, 2.24) is 0 Å². The van der Waals surface area contributed by atoms with Crippen LogP contribution in [-0.4, -0.2) is 47.4 Å². The van der Waals surface area contributed by atoms with E-state index in [0.29, 0.717) is 6.42 Å². The number of ether oxygens (including phenoxy) is 1. The van der Waals surface area contributed by atoms with Crippen LogP contribution in [0.15, 0.2) is 0 Å². The van der Waals surface area contributed by atoms with Crippen LogP contribution in [0.2, 0.25) is 0 Å². The van der Waals surface area contributed by atoms with E-state index < -0.39 is 5.97 Å². The Kier molecular flexibility index (Phi) is 9.61. The Bertz CT molecular complexity index is 229. The summed E-state index contributed by atoms with van der Waals surface area (Å²) in [5.74, 6) is -1.01. The highest BCUT2D eigenvalue weighted by Crippen LogP contribution is 2.25. The van der Waals surface area contributed by atoms with Gasteiger partial charge in [0, 0.05) is 31.8 Å². The van der Waals surface area contributed by atoms with Gasteiger partial charge in [-0.2, -0.15) is 12.6 Å². The first-order valence-corrected chi connectivity index (χ1v) is 6.68. The minimum absolute atomic E-state index is 0.0126. The minimum atomic E-state index is -0.861. The molecule has 0 fully saturated rings. The lowest BCUT2D eigenvalue weighted by atomic mass is 9.95. The molecule has 4 atom stereocenters. The van der Waals surface area contributed by atoms with Crippen LogP contribution in [0.5, 0.6) is 0 Å². The summed E-state index contributed by atoms with van der Waals surface area (Å²) in [6.45, 7) is 1.79. The number of aliphatic hydroxyl groups excluding tert-OH is 1. The maximum Gasteiger partial charge on any atom is 0.303 e. The quantitative estimate of drug-likeness (QED) is 0.419. The molecule has 2 N–H and O–H groups in total. The normalized spacial score (nSPS) is 18.4. The summed E-state index contributed by atoms with van der Waals surface area (Å²) in [7, 11) is 1.53. The maximum atomic E-state index is 10.6. The van der Waals surface area contributed by atoms with Crippen molar-refractivity contribution in [2.24, 2.45) is 5.92 Å². The van der Waals surface area contributed by atoms with Crippen molar-refractivity contribution < 1.29 is 22.8 Å². The molecule has 0 amide bonds. The fraction of sp³-hybridized carbons (Fsp3) is 0.900. The summed E-state index contributed by atoms with van der Waals surface area (Å²) >= 11 is 6.16. The SMILES string of the molecule is COC(C(S)[C@@H](C)CC(=O)O)[C@H](CCO)OI. The van der Waals surface area contributed by atoms with Crippen molar-refractivity contribution >= 4 is 41.6 Å². The second-order valence-corrected chi connectivity index (χ2v) is 5.01. The average molecular weight is 378 g/mol. The van der Waals surface area contributed by atoms with E-state index >= 15 is 0 Å². The number of aliphatic hydroxyl groups is 1. The van der Waals surface area contributed by atoms with Crippen molar-refractivity contribution in [2.45, 2.75) is 37.2 Å². The number of carboxylic acid groups (broad SMARTS) is 1. The fourth-order valence-electron chi connectivity index (χ4n) is 1.62. The molecule has 0 aromatic rings. The third-order valence-electron chi connectivity index (χ3n) is 2.58. The van der Waals surface area contributed by atoms with Gasteiger partial charge < -0.3 is 18.0 Å². The van der Waals surface area contributed by atoms with Crippen molar-refractivity contribution in [3.8, 4) is 0 Å². The monoisotopic (exact) mass is 378 g/mol. The van der Waals surface area contributed by atoms with Gasteiger partial charge in [-0.15, -0.1) is 0 Å². The fourth-order valence-corrected chi connectivity index (χ4v) is 2.58. The molecule has 102 valence electrons. The Hall–Kier alpha value is 0.430. The number of thiol groups is 1. The van der Waals surface area contributed by atoms with Crippen LogP contribution in [0.1, 0.15) is 19.8 Å². The second-order valence-electron chi connectivity index (χ2n) is 3.91. The zero-order valence-corrected chi connectivity index (χ0v) is 12.9. The van der Waals surface area contributed by atoms with Crippen LogP contribution in [0.3, 0.4) is 0 Å². The predicted molar refractivity (Wildman–Crippen MR) is 75.6 cm³/mol. The van der Waals surface area contributed by atoms with Gasteiger partial charge in [-0.1, -0.05) is 6.92 Å². The number of aliphatic carboxylic acids is 1. The van der Waals surface area contributed by atoms with Gasteiger partial charge in [0.05, 0.1) is 12.2 Å². The molecule has 0 aromatic carbocycles. The van der Waals surface area contributed by atoms with E-state index in [-0.39, 0.29) is 36.4 Å². The third kappa shape index (κ3) is 6.23. The Morgan fingerprint density at radius 2 is 2.12 bits per heavy atom. The number of hydrogen-bond acceptors (Lipinski definition) is 5. The Morgan fingerprint density at radius 1 is 1.53 bits per heavy atom. The summed E-state index contributed by atoms with van der Waals surface area (Å²) in [4.78, 5) is 10.6. The van der Waals surface area contributed by atoms with Crippen molar-refractivity contribution in [2.75, 3.05) is 13.7 Å². The first-order chi connectivity index (χ1) is 7.97. The highest BCUT2D eigenvalue weighted by Gasteiger charge is 2.32. The van der Waals surface area contributed by atoms with Crippen LogP contribution in [0, 0.1) is 5.92 Å². The van der Waals surface area contributed by atoms with Crippen LogP contribution in [0.4, 0.5) is 0 Å². The van der Waals surface area contributed by atoms with Crippen LogP contribution >= 0.6 is 35.6 Å². The molecule has 0 radical (unpaired) electrons. The second kappa shape index (κ2) is 9.37. The van der Waals surface area contributed by atoms with E-state index in [1.165, 1.54) is 7.11 Å².